The Morgan fingerprint density at radius 1 is 1.00 bits per heavy atom. The lowest BCUT2D eigenvalue weighted by molar-refractivity contribution is 0.223. The highest BCUT2D eigenvalue weighted by Gasteiger charge is 2.11. The normalized spacial score (nSPS) is 11.6. The molecular weight excluding hydrogens is 332 g/mol. The van der Waals surface area contributed by atoms with Gasteiger partial charge >= 0.3 is 0 Å². The largest absolute Gasteiger partial charge is 0.484 e. The molecule has 1 unspecified atom stereocenters. The summed E-state index contributed by atoms with van der Waals surface area (Å²) in [5.74, 6) is 2.16. The molecule has 0 fully saturated rings. The first-order valence-corrected chi connectivity index (χ1v) is 8.24. The van der Waals surface area contributed by atoms with E-state index in [0.29, 0.717) is 22.4 Å². The van der Waals surface area contributed by atoms with E-state index in [1.54, 1.807) is 12.1 Å². The molecule has 0 radical (unpaired) electrons. The zero-order valence-corrected chi connectivity index (χ0v) is 14.7. The van der Waals surface area contributed by atoms with Gasteiger partial charge in [0.15, 0.2) is 6.10 Å². The number of hydrogen-bond donors (Lipinski definition) is 0. The molecule has 0 saturated heterocycles. The summed E-state index contributed by atoms with van der Waals surface area (Å²) in [6, 6.07) is 14.6. The highest BCUT2D eigenvalue weighted by molar-refractivity contribution is 7.80. The van der Waals surface area contributed by atoms with Crippen molar-refractivity contribution >= 4 is 28.9 Å². The molecular formula is C18H19ClO3S. The summed E-state index contributed by atoms with van der Waals surface area (Å²) < 4.78 is 16.9. The molecule has 0 amide bonds. The second-order valence-corrected chi connectivity index (χ2v) is 5.79. The van der Waals surface area contributed by atoms with Crippen LogP contribution in [0.3, 0.4) is 0 Å². The molecule has 2 rings (SSSR count). The van der Waals surface area contributed by atoms with Gasteiger partial charge in [-0.05, 0) is 74.1 Å². The minimum Gasteiger partial charge on any atom is -0.484 e. The summed E-state index contributed by atoms with van der Waals surface area (Å²) in [7, 11) is 0. The van der Waals surface area contributed by atoms with E-state index in [2.05, 4.69) is 0 Å². The first kappa shape index (κ1) is 17.6. The molecule has 0 heterocycles. The zero-order valence-electron chi connectivity index (χ0n) is 13.1. The smallest absolute Gasteiger partial charge is 0.200 e. The monoisotopic (exact) mass is 350 g/mol. The fraction of sp³-hybridized carbons (Fsp3) is 0.278. The number of benzene rings is 2. The summed E-state index contributed by atoms with van der Waals surface area (Å²) in [5, 5.41) is 1.14. The van der Waals surface area contributed by atoms with Crippen molar-refractivity contribution in [1.29, 1.82) is 0 Å². The van der Waals surface area contributed by atoms with E-state index in [0.717, 1.165) is 17.9 Å². The Balaban J connectivity index is 1.91. The van der Waals surface area contributed by atoms with E-state index in [-0.39, 0.29) is 6.10 Å². The Morgan fingerprint density at radius 3 is 2.09 bits per heavy atom. The lowest BCUT2D eigenvalue weighted by Gasteiger charge is -2.16. The quantitative estimate of drug-likeness (QED) is 0.603. The van der Waals surface area contributed by atoms with Gasteiger partial charge in [0.05, 0.1) is 6.61 Å². The van der Waals surface area contributed by atoms with Crippen LogP contribution in [0.15, 0.2) is 48.5 Å². The van der Waals surface area contributed by atoms with Gasteiger partial charge in [0.1, 0.15) is 17.2 Å². The lowest BCUT2D eigenvalue weighted by atomic mass is 10.3. The Bertz CT molecular complexity index is 626. The third kappa shape index (κ3) is 5.73. The van der Waals surface area contributed by atoms with Crippen LogP contribution < -0.4 is 9.47 Å². The van der Waals surface area contributed by atoms with Crippen molar-refractivity contribution in [3.05, 3.63) is 53.6 Å². The van der Waals surface area contributed by atoms with Crippen molar-refractivity contribution < 1.29 is 14.2 Å². The number of rotatable bonds is 7. The van der Waals surface area contributed by atoms with E-state index in [1.807, 2.05) is 50.2 Å². The maximum atomic E-state index is 5.85. The number of ether oxygens (including phenoxy) is 3. The van der Waals surface area contributed by atoms with Crippen LogP contribution in [-0.2, 0) is 4.74 Å². The van der Waals surface area contributed by atoms with Crippen molar-refractivity contribution in [2.75, 3.05) is 6.61 Å². The van der Waals surface area contributed by atoms with Gasteiger partial charge in [-0.2, -0.15) is 0 Å². The molecule has 0 aromatic heterocycles. The Labute approximate surface area is 147 Å². The predicted molar refractivity (Wildman–Crippen MR) is 96.9 cm³/mol. The fourth-order valence-electron chi connectivity index (χ4n) is 1.80. The van der Waals surface area contributed by atoms with Crippen LogP contribution in [0.2, 0.25) is 5.02 Å². The molecule has 0 N–H and O–H groups in total. The van der Waals surface area contributed by atoms with E-state index in [4.69, 9.17) is 38.0 Å². The second-order valence-electron chi connectivity index (χ2n) is 4.95. The van der Waals surface area contributed by atoms with Crippen LogP contribution in [0, 0.1) is 0 Å². The molecule has 3 nitrogen and oxygen atoms in total. The third-order valence-corrected chi connectivity index (χ3v) is 3.67. The molecule has 0 saturated carbocycles. The topological polar surface area (TPSA) is 27.7 Å². The van der Waals surface area contributed by atoms with Crippen LogP contribution in [0.4, 0.5) is 0 Å². The maximum absolute atomic E-state index is 5.85. The molecule has 0 aliphatic rings. The van der Waals surface area contributed by atoms with Crippen molar-refractivity contribution in [2.24, 2.45) is 0 Å². The highest BCUT2D eigenvalue weighted by Crippen LogP contribution is 2.25. The summed E-state index contributed by atoms with van der Waals surface area (Å²) in [5.41, 5.74) is 0. The van der Waals surface area contributed by atoms with Gasteiger partial charge in [0, 0.05) is 5.02 Å². The molecule has 23 heavy (non-hydrogen) atoms. The SMILES string of the molecule is CCCOC(=S)C(C)Oc1ccc(Oc2ccc(Cl)cc2)cc1. The standard InChI is InChI=1S/C18H19ClO3S/c1-3-12-20-18(23)13(2)21-15-8-10-17(11-9-15)22-16-6-4-14(19)5-7-16/h4-11,13H,3,12H2,1-2H3. The molecule has 5 heteroatoms. The first-order valence-electron chi connectivity index (χ1n) is 7.45. The van der Waals surface area contributed by atoms with Gasteiger partial charge in [-0.1, -0.05) is 18.5 Å². The maximum Gasteiger partial charge on any atom is 0.200 e. The third-order valence-electron chi connectivity index (χ3n) is 2.97. The summed E-state index contributed by atoms with van der Waals surface area (Å²) >= 11 is 11.0. The average molecular weight is 351 g/mol. The minimum absolute atomic E-state index is 0.278. The first-order chi connectivity index (χ1) is 11.1. The van der Waals surface area contributed by atoms with Gasteiger partial charge in [-0.15, -0.1) is 0 Å². The lowest BCUT2D eigenvalue weighted by Crippen LogP contribution is -2.24. The van der Waals surface area contributed by atoms with E-state index in [1.165, 1.54) is 0 Å². The minimum atomic E-state index is -0.278. The number of hydrogen-bond acceptors (Lipinski definition) is 4. The molecule has 0 aliphatic carbocycles. The Kier molecular flexibility index (Phi) is 6.68. The fourth-order valence-corrected chi connectivity index (χ4v) is 2.05. The Morgan fingerprint density at radius 2 is 1.52 bits per heavy atom. The molecule has 122 valence electrons. The van der Waals surface area contributed by atoms with Crippen LogP contribution in [0.5, 0.6) is 17.2 Å². The van der Waals surface area contributed by atoms with Crippen LogP contribution in [0.1, 0.15) is 20.3 Å². The van der Waals surface area contributed by atoms with Gasteiger partial charge in [-0.3, -0.25) is 0 Å². The predicted octanol–water partition coefficient (Wildman–Crippen LogP) is 5.65. The Hall–Kier alpha value is -1.78. The summed E-state index contributed by atoms with van der Waals surface area (Å²) in [4.78, 5) is 0. The molecule has 0 bridgehead atoms. The number of halogens is 1. The number of thiocarbonyl (C=S) groups is 1. The van der Waals surface area contributed by atoms with Gasteiger partial charge < -0.3 is 14.2 Å². The van der Waals surface area contributed by atoms with Gasteiger partial charge in [0.2, 0.25) is 5.05 Å². The van der Waals surface area contributed by atoms with Crippen LogP contribution in [-0.4, -0.2) is 17.8 Å². The molecule has 0 spiro atoms. The van der Waals surface area contributed by atoms with E-state index < -0.39 is 0 Å². The van der Waals surface area contributed by atoms with Crippen molar-refractivity contribution in [3.8, 4) is 17.2 Å². The van der Waals surface area contributed by atoms with Crippen LogP contribution in [0.25, 0.3) is 0 Å². The van der Waals surface area contributed by atoms with E-state index >= 15 is 0 Å². The van der Waals surface area contributed by atoms with Crippen molar-refractivity contribution in [3.63, 3.8) is 0 Å². The summed E-state index contributed by atoms with van der Waals surface area (Å²) in [6.07, 6.45) is 0.642. The average Bonchev–Trinajstić information content (AvgIpc) is 2.56. The molecule has 2 aromatic rings. The molecule has 0 aliphatic heterocycles. The highest BCUT2D eigenvalue weighted by atomic mass is 35.5. The molecule has 1 atom stereocenters. The van der Waals surface area contributed by atoms with Gasteiger partial charge in [-0.25, -0.2) is 0 Å². The second kappa shape index (κ2) is 8.75. The molecule has 2 aromatic carbocycles. The zero-order chi connectivity index (χ0) is 16.7. The van der Waals surface area contributed by atoms with E-state index in [9.17, 15) is 0 Å². The van der Waals surface area contributed by atoms with Crippen molar-refractivity contribution in [1.82, 2.24) is 0 Å². The van der Waals surface area contributed by atoms with Gasteiger partial charge in [0.25, 0.3) is 0 Å². The van der Waals surface area contributed by atoms with Crippen molar-refractivity contribution in [2.45, 2.75) is 26.4 Å². The van der Waals surface area contributed by atoms with Crippen LogP contribution >= 0.6 is 23.8 Å². The summed E-state index contributed by atoms with van der Waals surface area (Å²) in [6.45, 7) is 4.52.